The van der Waals surface area contributed by atoms with Crippen molar-refractivity contribution in [3.8, 4) is 0 Å². The number of allylic oxidation sites excluding steroid dienone is 1. The third kappa shape index (κ3) is 4.24. The van der Waals surface area contributed by atoms with Gasteiger partial charge in [-0.1, -0.05) is 36.4 Å². The molecule has 1 rings (SSSR count). The molecule has 76 valence electrons. The van der Waals surface area contributed by atoms with Crippen LogP contribution in [0.3, 0.4) is 0 Å². The molecule has 0 fully saturated rings. The lowest BCUT2D eigenvalue weighted by molar-refractivity contribution is 0.584. The van der Waals surface area contributed by atoms with Gasteiger partial charge in [0.25, 0.3) is 0 Å². The van der Waals surface area contributed by atoms with Crippen LogP contribution < -0.4 is 5.73 Å². The van der Waals surface area contributed by atoms with Crippen LogP contribution in [-0.4, -0.2) is 6.04 Å². The molecule has 0 saturated carbocycles. The molecule has 0 aliphatic heterocycles. The number of hydrogen-bond acceptors (Lipinski definition) is 1. The summed E-state index contributed by atoms with van der Waals surface area (Å²) in [6, 6.07) is 10.7. The second kappa shape index (κ2) is 6.39. The summed E-state index contributed by atoms with van der Waals surface area (Å²) < 4.78 is 0. The van der Waals surface area contributed by atoms with Crippen molar-refractivity contribution in [1.82, 2.24) is 0 Å². The van der Waals surface area contributed by atoms with Crippen molar-refractivity contribution < 1.29 is 0 Å². The van der Waals surface area contributed by atoms with Gasteiger partial charge in [0.2, 0.25) is 0 Å². The van der Waals surface area contributed by atoms with E-state index in [1.807, 2.05) is 12.1 Å². The maximum atomic E-state index is 6.01. The molecule has 0 radical (unpaired) electrons. The topological polar surface area (TPSA) is 26.0 Å². The van der Waals surface area contributed by atoms with Crippen LogP contribution in [0.1, 0.15) is 24.8 Å². The Morgan fingerprint density at radius 1 is 1.29 bits per heavy atom. The molecule has 1 aromatic rings. The number of nitrogens with two attached hydrogens (primary N) is 1. The molecule has 1 aromatic carbocycles. The molecule has 1 heteroatoms. The zero-order valence-electron chi connectivity index (χ0n) is 8.65. The largest absolute Gasteiger partial charge is 0.327 e. The van der Waals surface area contributed by atoms with Crippen LogP contribution in [0.2, 0.25) is 0 Å². The molecule has 0 saturated heterocycles. The molecule has 1 unspecified atom stereocenters. The minimum atomic E-state index is 0.289. The smallest absolute Gasteiger partial charge is 0.00794 e. The van der Waals surface area contributed by atoms with E-state index in [1.54, 1.807) is 0 Å². The molecular formula is C13H19N. The Hall–Kier alpha value is -1.08. The van der Waals surface area contributed by atoms with Crippen LogP contribution >= 0.6 is 0 Å². The van der Waals surface area contributed by atoms with E-state index >= 15 is 0 Å². The van der Waals surface area contributed by atoms with Crippen LogP contribution in [0.4, 0.5) is 0 Å². The van der Waals surface area contributed by atoms with Gasteiger partial charge in [0.05, 0.1) is 0 Å². The fourth-order valence-electron chi connectivity index (χ4n) is 1.54. The maximum absolute atomic E-state index is 6.01. The van der Waals surface area contributed by atoms with Gasteiger partial charge in [-0.05, 0) is 31.2 Å². The van der Waals surface area contributed by atoms with Gasteiger partial charge < -0.3 is 5.73 Å². The minimum Gasteiger partial charge on any atom is -0.327 e. The zero-order chi connectivity index (χ0) is 10.2. The number of benzene rings is 1. The third-order valence-corrected chi connectivity index (χ3v) is 2.32. The Morgan fingerprint density at radius 2 is 2.00 bits per heavy atom. The monoisotopic (exact) mass is 189 g/mol. The molecule has 0 spiro atoms. The predicted octanol–water partition coefficient (Wildman–Crippen LogP) is 2.91. The van der Waals surface area contributed by atoms with Gasteiger partial charge in [-0.15, -0.1) is 6.58 Å². The van der Waals surface area contributed by atoms with E-state index < -0.39 is 0 Å². The van der Waals surface area contributed by atoms with Crippen molar-refractivity contribution in [2.45, 2.75) is 31.7 Å². The Balaban J connectivity index is 2.26. The second-order valence-corrected chi connectivity index (χ2v) is 3.67. The molecule has 0 aliphatic rings. The van der Waals surface area contributed by atoms with E-state index in [4.69, 9.17) is 5.73 Å². The minimum absolute atomic E-state index is 0.289. The summed E-state index contributed by atoms with van der Waals surface area (Å²) >= 11 is 0. The summed E-state index contributed by atoms with van der Waals surface area (Å²) in [5.41, 5.74) is 7.34. The van der Waals surface area contributed by atoms with Crippen LogP contribution in [0.25, 0.3) is 0 Å². The highest BCUT2D eigenvalue weighted by Crippen LogP contribution is 2.06. The highest BCUT2D eigenvalue weighted by atomic mass is 14.6. The number of unbranched alkanes of at least 4 members (excludes halogenated alkanes) is 1. The zero-order valence-corrected chi connectivity index (χ0v) is 8.65. The summed E-state index contributed by atoms with van der Waals surface area (Å²) in [6.45, 7) is 3.70. The van der Waals surface area contributed by atoms with Crippen LogP contribution in [0.5, 0.6) is 0 Å². The van der Waals surface area contributed by atoms with Crippen molar-refractivity contribution in [3.63, 3.8) is 0 Å². The first-order chi connectivity index (χ1) is 6.83. The molecule has 14 heavy (non-hydrogen) atoms. The average molecular weight is 189 g/mol. The van der Waals surface area contributed by atoms with Gasteiger partial charge in [-0.25, -0.2) is 0 Å². The molecule has 0 heterocycles. The number of rotatable bonds is 6. The standard InChI is InChI=1S/C13H19N/c1-2-3-5-10-13(14)11-12-8-6-4-7-9-12/h2,4,6-9,13H,1,3,5,10-11,14H2. The highest BCUT2D eigenvalue weighted by molar-refractivity contribution is 5.15. The van der Waals surface area contributed by atoms with Gasteiger partial charge in [0.15, 0.2) is 0 Å². The molecular weight excluding hydrogens is 170 g/mol. The van der Waals surface area contributed by atoms with Crippen LogP contribution in [-0.2, 0) is 6.42 Å². The van der Waals surface area contributed by atoms with E-state index in [9.17, 15) is 0 Å². The summed E-state index contributed by atoms with van der Waals surface area (Å²) in [6.07, 6.45) is 6.24. The highest BCUT2D eigenvalue weighted by Gasteiger charge is 2.02. The number of hydrogen-bond donors (Lipinski definition) is 1. The summed E-state index contributed by atoms with van der Waals surface area (Å²) in [4.78, 5) is 0. The SMILES string of the molecule is C=CCCCC(N)Cc1ccccc1. The Labute approximate surface area is 86.6 Å². The predicted molar refractivity (Wildman–Crippen MR) is 62.2 cm³/mol. The van der Waals surface area contributed by atoms with Gasteiger partial charge in [-0.3, -0.25) is 0 Å². The van der Waals surface area contributed by atoms with E-state index in [0.717, 1.165) is 25.7 Å². The Morgan fingerprint density at radius 3 is 2.64 bits per heavy atom. The molecule has 1 nitrogen and oxygen atoms in total. The molecule has 0 bridgehead atoms. The van der Waals surface area contributed by atoms with E-state index in [1.165, 1.54) is 5.56 Å². The Kier molecular flexibility index (Phi) is 5.02. The molecule has 0 amide bonds. The first kappa shape index (κ1) is 11.0. The van der Waals surface area contributed by atoms with Crippen molar-refractivity contribution >= 4 is 0 Å². The fourth-order valence-corrected chi connectivity index (χ4v) is 1.54. The lowest BCUT2D eigenvalue weighted by atomic mass is 10.0. The first-order valence-corrected chi connectivity index (χ1v) is 5.23. The summed E-state index contributed by atoms with van der Waals surface area (Å²) in [5.74, 6) is 0. The van der Waals surface area contributed by atoms with Gasteiger partial charge in [0, 0.05) is 6.04 Å². The Bertz CT molecular complexity index is 253. The maximum Gasteiger partial charge on any atom is 0.00794 e. The third-order valence-electron chi connectivity index (χ3n) is 2.32. The molecule has 0 aromatic heterocycles. The lowest BCUT2D eigenvalue weighted by Crippen LogP contribution is -2.22. The van der Waals surface area contributed by atoms with E-state index in [0.29, 0.717) is 0 Å². The van der Waals surface area contributed by atoms with Crippen molar-refractivity contribution in [2.24, 2.45) is 5.73 Å². The molecule has 2 N–H and O–H groups in total. The molecule has 0 aliphatic carbocycles. The van der Waals surface area contributed by atoms with Gasteiger partial charge >= 0.3 is 0 Å². The summed E-state index contributed by atoms with van der Waals surface area (Å²) in [7, 11) is 0. The van der Waals surface area contributed by atoms with E-state index in [2.05, 4.69) is 30.8 Å². The van der Waals surface area contributed by atoms with Crippen LogP contribution in [0.15, 0.2) is 43.0 Å². The van der Waals surface area contributed by atoms with E-state index in [-0.39, 0.29) is 6.04 Å². The van der Waals surface area contributed by atoms with Crippen LogP contribution in [0, 0.1) is 0 Å². The van der Waals surface area contributed by atoms with Crippen molar-refractivity contribution in [3.05, 3.63) is 48.6 Å². The van der Waals surface area contributed by atoms with Gasteiger partial charge in [-0.2, -0.15) is 0 Å². The normalized spacial score (nSPS) is 12.4. The van der Waals surface area contributed by atoms with Gasteiger partial charge in [0.1, 0.15) is 0 Å². The van der Waals surface area contributed by atoms with Crippen molar-refractivity contribution in [2.75, 3.05) is 0 Å². The molecule has 1 atom stereocenters. The lowest BCUT2D eigenvalue weighted by Gasteiger charge is -2.10. The fraction of sp³-hybridized carbons (Fsp3) is 0.385. The first-order valence-electron chi connectivity index (χ1n) is 5.23. The quantitative estimate of drug-likeness (QED) is 0.540. The second-order valence-electron chi connectivity index (χ2n) is 3.67. The average Bonchev–Trinajstić information content (AvgIpc) is 2.20. The summed E-state index contributed by atoms with van der Waals surface area (Å²) in [5, 5.41) is 0. The van der Waals surface area contributed by atoms with Crippen molar-refractivity contribution in [1.29, 1.82) is 0 Å².